The molecule has 5 heteroatoms. The van der Waals surface area contributed by atoms with E-state index in [4.69, 9.17) is 9.15 Å². The van der Waals surface area contributed by atoms with E-state index in [2.05, 4.69) is 17.3 Å². The standard InChI is InChI=1S/C22H30N2O3/c1-16-4-6-20(7-5-16)26-15-19-14-21(27-17(19)2)22(25)23-11-8-18-9-12-24(3)13-10-18/h4-7,14,18H,8-13,15H2,1-3H3,(H,23,25). The minimum atomic E-state index is -0.146. The number of aryl methyl sites for hydroxylation is 2. The fourth-order valence-electron chi connectivity index (χ4n) is 3.40. The fraction of sp³-hybridized carbons (Fsp3) is 0.500. The molecule has 2 heterocycles. The van der Waals surface area contributed by atoms with Crippen LogP contribution in [0.2, 0.25) is 0 Å². The van der Waals surface area contributed by atoms with Crippen LogP contribution in [0.25, 0.3) is 0 Å². The fourth-order valence-corrected chi connectivity index (χ4v) is 3.40. The van der Waals surface area contributed by atoms with Crippen LogP contribution in [0, 0.1) is 19.8 Å². The average molecular weight is 370 g/mol. The summed E-state index contributed by atoms with van der Waals surface area (Å²) in [5, 5.41) is 2.99. The Hall–Kier alpha value is -2.27. The van der Waals surface area contributed by atoms with Crippen molar-refractivity contribution in [2.45, 2.75) is 39.7 Å². The van der Waals surface area contributed by atoms with E-state index < -0.39 is 0 Å². The van der Waals surface area contributed by atoms with E-state index in [9.17, 15) is 4.79 Å². The van der Waals surface area contributed by atoms with Crippen LogP contribution in [0.5, 0.6) is 5.75 Å². The Morgan fingerprint density at radius 3 is 2.63 bits per heavy atom. The van der Waals surface area contributed by atoms with Gasteiger partial charge in [0.25, 0.3) is 5.91 Å². The molecule has 1 amide bonds. The van der Waals surface area contributed by atoms with Crippen molar-refractivity contribution in [1.29, 1.82) is 0 Å². The number of benzene rings is 1. The van der Waals surface area contributed by atoms with Gasteiger partial charge in [0.2, 0.25) is 0 Å². The number of rotatable bonds is 7. The summed E-state index contributed by atoms with van der Waals surface area (Å²) in [5.74, 6) is 2.46. The summed E-state index contributed by atoms with van der Waals surface area (Å²) in [6.07, 6.45) is 3.46. The molecule has 1 aromatic carbocycles. The normalized spacial score (nSPS) is 15.7. The Bertz CT molecular complexity index is 743. The van der Waals surface area contributed by atoms with E-state index in [-0.39, 0.29) is 5.91 Å². The highest BCUT2D eigenvalue weighted by molar-refractivity contribution is 5.91. The van der Waals surface area contributed by atoms with Gasteiger partial charge in [-0.25, -0.2) is 0 Å². The summed E-state index contributed by atoms with van der Waals surface area (Å²) in [7, 11) is 2.16. The van der Waals surface area contributed by atoms with Crippen LogP contribution in [-0.2, 0) is 6.61 Å². The number of ether oxygens (including phenoxy) is 1. The molecule has 1 aliphatic heterocycles. The SMILES string of the molecule is Cc1ccc(OCc2cc(C(=O)NCCC3CCN(C)CC3)oc2C)cc1. The minimum Gasteiger partial charge on any atom is -0.489 e. The van der Waals surface area contributed by atoms with Crippen molar-refractivity contribution in [1.82, 2.24) is 10.2 Å². The first kappa shape index (κ1) is 19.5. The summed E-state index contributed by atoms with van der Waals surface area (Å²) in [6, 6.07) is 9.71. The molecule has 1 aromatic heterocycles. The van der Waals surface area contributed by atoms with E-state index in [1.165, 1.54) is 18.4 Å². The van der Waals surface area contributed by atoms with Crippen LogP contribution < -0.4 is 10.1 Å². The van der Waals surface area contributed by atoms with Crippen LogP contribution in [0.1, 0.15) is 46.7 Å². The van der Waals surface area contributed by atoms with E-state index in [1.54, 1.807) is 6.07 Å². The number of nitrogens with one attached hydrogen (secondary N) is 1. The van der Waals surface area contributed by atoms with Crippen molar-refractivity contribution in [3.8, 4) is 5.75 Å². The zero-order valence-electron chi connectivity index (χ0n) is 16.6. The highest BCUT2D eigenvalue weighted by atomic mass is 16.5. The average Bonchev–Trinajstić information content (AvgIpc) is 3.04. The summed E-state index contributed by atoms with van der Waals surface area (Å²) < 4.78 is 11.4. The highest BCUT2D eigenvalue weighted by Crippen LogP contribution is 2.20. The Morgan fingerprint density at radius 2 is 1.93 bits per heavy atom. The number of hydrogen-bond acceptors (Lipinski definition) is 4. The van der Waals surface area contributed by atoms with Gasteiger partial charge < -0.3 is 19.4 Å². The first-order valence-corrected chi connectivity index (χ1v) is 9.77. The third kappa shape index (κ3) is 5.60. The molecule has 0 unspecified atom stereocenters. The van der Waals surface area contributed by atoms with Crippen molar-refractivity contribution in [3.05, 3.63) is 53.0 Å². The van der Waals surface area contributed by atoms with Gasteiger partial charge in [0, 0.05) is 12.1 Å². The second-order valence-corrected chi connectivity index (χ2v) is 7.59. The molecule has 2 aromatic rings. The molecule has 1 aliphatic rings. The van der Waals surface area contributed by atoms with Gasteiger partial charge in [0.15, 0.2) is 5.76 Å². The van der Waals surface area contributed by atoms with Crippen molar-refractivity contribution >= 4 is 5.91 Å². The molecule has 0 aliphatic carbocycles. The molecule has 0 atom stereocenters. The van der Waals surface area contributed by atoms with Crippen LogP contribution in [0.15, 0.2) is 34.7 Å². The van der Waals surface area contributed by atoms with Crippen molar-refractivity contribution in [3.63, 3.8) is 0 Å². The molecule has 1 saturated heterocycles. The Labute approximate surface area is 161 Å². The van der Waals surface area contributed by atoms with Crippen LogP contribution in [-0.4, -0.2) is 37.5 Å². The van der Waals surface area contributed by atoms with E-state index >= 15 is 0 Å². The topological polar surface area (TPSA) is 54.7 Å². The Balaban J connectivity index is 1.46. The molecule has 0 saturated carbocycles. The molecule has 5 nitrogen and oxygen atoms in total. The number of amides is 1. The lowest BCUT2D eigenvalue weighted by Crippen LogP contribution is -2.32. The second kappa shape index (κ2) is 9.09. The molecule has 1 N–H and O–H groups in total. The van der Waals surface area contributed by atoms with Crippen LogP contribution in [0.3, 0.4) is 0 Å². The molecule has 0 radical (unpaired) electrons. The number of furan rings is 1. The first-order valence-electron chi connectivity index (χ1n) is 9.77. The largest absolute Gasteiger partial charge is 0.489 e. The number of carbonyl (C=O) groups excluding carboxylic acids is 1. The predicted molar refractivity (Wildman–Crippen MR) is 106 cm³/mol. The lowest BCUT2D eigenvalue weighted by Gasteiger charge is -2.28. The molecule has 27 heavy (non-hydrogen) atoms. The van der Waals surface area contributed by atoms with Gasteiger partial charge in [0.05, 0.1) is 0 Å². The van der Waals surface area contributed by atoms with Crippen molar-refractivity contribution < 1.29 is 13.9 Å². The number of likely N-dealkylation sites (tertiary alicyclic amines) is 1. The zero-order valence-corrected chi connectivity index (χ0v) is 16.6. The maximum atomic E-state index is 12.4. The monoisotopic (exact) mass is 370 g/mol. The van der Waals surface area contributed by atoms with Gasteiger partial charge in [-0.2, -0.15) is 0 Å². The molecule has 146 valence electrons. The molecule has 3 rings (SSSR count). The van der Waals surface area contributed by atoms with Crippen molar-refractivity contribution in [2.75, 3.05) is 26.7 Å². The first-order chi connectivity index (χ1) is 13.0. The second-order valence-electron chi connectivity index (χ2n) is 7.59. The summed E-state index contributed by atoms with van der Waals surface area (Å²) in [4.78, 5) is 14.7. The lowest BCUT2D eigenvalue weighted by molar-refractivity contribution is 0.0920. The van der Waals surface area contributed by atoms with Crippen LogP contribution in [0.4, 0.5) is 0 Å². The zero-order chi connectivity index (χ0) is 19.2. The molecule has 0 bridgehead atoms. The van der Waals surface area contributed by atoms with E-state index in [0.717, 1.165) is 36.6 Å². The van der Waals surface area contributed by atoms with Crippen molar-refractivity contribution in [2.24, 2.45) is 5.92 Å². The summed E-state index contributed by atoms with van der Waals surface area (Å²) in [6.45, 7) is 7.30. The number of piperidine rings is 1. The maximum Gasteiger partial charge on any atom is 0.287 e. The van der Waals surface area contributed by atoms with E-state index in [0.29, 0.717) is 24.8 Å². The molecular formula is C22H30N2O3. The third-order valence-corrected chi connectivity index (χ3v) is 5.34. The van der Waals surface area contributed by atoms with Gasteiger partial charge >= 0.3 is 0 Å². The smallest absolute Gasteiger partial charge is 0.287 e. The quantitative estimate of drug-likeness (QED) is 0.802. The Morgan fingerprint density at radius 1 is 1.22 bits per heavy atom. The summed E-state index contributed by atoms with van der Waals surface area (Å²) >= 11 is 0. The minimum absolute atomic E-state index is 0.146. The molecule has 1 fully saturated rings. The van der Waals surface area contributed by atoms with Gasteiger partial charge in [0.1, 0.15) is 18.1 Å². The van der Waals surface area contributed by atoms with Gasteiger partial charge in [-0.05, 0) is 77.4 Å². The molecular weight excluding hydrogens is 340 g/mol. The Kier molecular flexibility index (Phi) is 6.56. The van der Waals surface area contributed by atoms with Gasteiger partial charge in [-0.1, -0.05) is 17.7 Å². The number of nitrogens with zero attached hydrogens (tertiary/aromatic N) is 1. The van der Waals surface area contributed by atoms with Gasteiger partial charge in [-0.15, -0.1) is 0 Å². The number of carbonyl (C=O) groups is 1. The highest BCUT2D eigenvalue weighted by Gasteiger charge is 2.18. The van der Waals surface area contributed by atoms with E-state index in [1.807, 2.05) is 38.1 Å². The predicted octanol–water partition coefficient (Wildman–Crippen LogP) is 3.94. The maximum absolute atomic E-state index is 12.4. The molecule has 0 spiro atoms. The lowest BCUT2D eigenvalue weighted by atomic mass is 9.94. The number of hydrogen-bond donors (Lipinski definition) is 1. The third-order valence-electron chi connectivity index (χ3n) is 5.34. The van der Waals surface area contributed by atoms with Crippen LogP contribution >= 0.6 is 0 Å². The summed E-state index contributed by atoms with van der Waals surface area (Å²) in [5.41, 5.74) is 2.09. The van der Waals surface area contributed by atoms with Gasteiger partial charge in [-0.3, -0.25) is 4.79 Å².